The minimum atomic E-state index is -3.63. The summed E-state index contributed by atoms with van der Waals surface area (Å²) in [6.45, 7) is 8.77. The highest BCUT2D eigenvalue weighted by molar-refractivity contribution is 7.89. The Morgan fingerprint density at radius 2 is 1.45 bits per heavy atom. The summed E-state index contributed by atoms with van der Waals surface area (Å²) in [5.74, 6) is 0.503. The third kappa shape index (κ3) is 4.61. The number of nitrogens with zero attached hydrogens (tertiary/aromatic N) is 2. The van der Waals surface area contributed by atoms with Crippen LogP contribution in [0.4, 0.5) is 0 Å². The summed E-state index contributed by atoms with van der Waals surface area (Å²) in [6.07, 6.45) is 0. The molecule has 1 saturated heterocycles. The molecule has 4 rings (SSSR count). The second-order valence-corrected chi connectivity index (χ2v) is 10.5. The van der Waals surface area contributed by atoms with E-state index < -0.39 is 10.0 Å². The zero-order chi connectivity index (χ0) is 23.8. The molecule has 0 aromatic heterocycles. The number of hydrogen-bond donors (Lipinski definition) is 0. The number of benzene rings is 3. The molecule has 0 aliphatic carbocycles. The van der Waals surface area contributed by atoms with Gasteiger partial charge >= 0.3 is 0 Å². The van der Waals surface area contributed by atoms with E-state index in [0.29, 0.717) is 23.7 Å². The van der Waals surface area contributed by atoms with E-state index in [4.69, 9.17) is 4.74 Å². The van der Waals surface area contributed by atoms with Gasteiger partial charge in [-0.2, -0.15) is 4.31 Å². The van der Waals surface area contributed by atoms with Crippen LogP contribution in [0.5, 0.6) is 5.75 Å². The Kier molecular flexibility index (Phi) is 6.45. The fourth-order valence-electron chi connectivity index (χ4n) is 4.37. The van der Waals surface area contributed by atoms with E-state index in [9.17, 15) is 13.2 Å². The van der Waals surface area contributed by atoms with E-state index in [1.54, 1.807) is 4.90 Å². The van der Waals surface area contributed by atoms with Crippen molar-refractivity contribution in [2.75, 3.05) is 32.8 Å². The molecule has 0 spiro atoms. The number of rotatable bonds is 5. The predicted molar refractivity (Wildman–Crippen MR) is 130 cm³/mol. The van der Waals surface area contributed by atoms with Crippen LogP contribution in [-0.4, -0.2) is 56.3 Å². The largest absolute Gasteiger partial charge is 0.484 e. The Morgan fingerprint density at radius 3 is 2.09 bits per heavy atom. The monoisotopic (exact) mass is 466 g/mol. The number of carbonyl (C=O) groups is 1. The van der Waals surface area contributed by atoms with E-state index >= 15 is 0 Å². The molecule has 33 heavy (non-hydrogen) atoms. The number of ether oxygens (including phenoxy) is 1. The molecule has 0 N–H and O–H groups in total. The number of sulfonamides is 1. The Hall–Kier alpha value is -2.90. The lowest BCUT2D eigenvalue weighted by molar-refractivity contribution is -0.134. The number of fused-ring (bicyclic) bond motifs is 1. The third-order valence-corrected chi connectivity index (χ3v) is 8.74. The molecule has 0 bridgehead atoms. The van der Waals surface area contributed by atoms with Crippen molar-refractivity contribution < 1.29 is 17.9 Å². The van der Waals surface area contributed by atoms with E-state index in [1.807, 2.05) is 76.2 Å². The van der Waals surface area contributed by atoms with Gasteiger partial charge in [-0.05, 0) is 72.9 Å². The fourth-order valence-corrected chi connectivity index (χ4v) is 6.37. The average molecular weight is 467 g/mol. The summed E-state index contributed by atoms with van der Waals surface area (Å²) in [7, 11) is -3.63. The molecule has 1 amide bonds. The molecule has 0 radical (unpaired) electrons. The lowest BCUT2D eigenvalue weighted by Gasteiger charge is -2.34. The van der Waals surface area contributed by atoms with Crippen molar-refractivity contribution in [2.45, 2.75) is 32.6 Å². The van der Waals surface area contributed by atoms with Crippen LogP contribution in [0.3, 0.4) is 0 Å². The highest BCUT2D eigenvalue weighted by Gasteiger charge is 2.33. The van der Waals surface area contributed by atoms with Gasteiger partial charge in [-0.3, -0.25) is 4.79 Å². The topological polar surface area (TPSA) is 66.9 Å². The standard InChI is InChI=1S/C26H30N2O4S/c1-18-15-19(2)21(4)26(20(18)3)33(30,31)28-13-11-27(12-14-28)25(29)17-32-24-10-9-22-7-5-6-8-23(22)16-24/h5-10,15-16H,11-14,17H2,1-4H3. The minimum Gasteiger partial charge on any atom is -0.484 e. The molecule has 174 valence electrons. The average Bonchev–Trinajstić information content (AvgIpc) is 2.81. The van der Waals surface area contributed by atoms with E-state index in [0.717, 1.165) is 33.0 Å². The summed E-state index contributed by atoms with van der Waals surface area (Å²) in [6, 6.07) is 15.7. The van der Waals surface area contributed by atoms with E-state index in [-0.39, 0.29) is 25.6 Å². The van der Waals surface area contributed by atoms with Crippen LogP contribution in [0.2, 0.25) is 0 Å². The Morgan fingerprint density at radius 1 is 0.848 bits per heavy atom. The second-order valence-electron chi connectivity index (χ2n) is 8.67. The van der Waals surface area contributed by atoms with Gasteiger partial charge in [0.15, 0.2) is 6.61 Å². The number of amides is 1. The van der Waals surface area contributed by atoms with Crippen LogP contribution < -0.4 is 4.74 Å². The van der Waals surface area contributed by atoms with Crippen LogP contribution in [0.1, 0.15) is 22.3 Å². The summed E-state index contributed by atoms with van der Waals surface area (Å²) in [5.41, 5.74) is 3.52. The minimum absolute atomic E-state index is 0.0691. The molecule has 0 unspecified atom stereocenters. The first-order valence-corrected chi connectivity index (χ1v) is 12.6. The molecule has 7 heteroatoms. The zero-order valence-electron chi connectivity index (χ0n) is 19.6. The molecular formula is C26H30N2O4S. The Balaban J connectivity index is 1.39. The molecule has 3 aromatic rings. The number of carbonyl (C=O) groups excluding carboxylic acids is 1. The van der Waals surface area contributed by atoms with Crippen molar-refractivity contribution in [1.82, 2.24) is 9.21 Å². The molecule has 1 heterocycles. The van der Waals surface area contributed by atoms with Crippen molar-refractivity contribution in [2.24, 2.45) is 0 Å². The molecule has 1 aliphatic heterocycles. The molecule has 0 saturated carbocycles. The summed E-state index contributed by atoms with van der Waals surface area (Å²) in [4.78, 5) is 14.8. The maximum Gasteiger partial charge on any atom is 0.260 e. The zero-order valence-corrected chi connectivity index (χ0v) is 20.4. The molecule has 1 aliphatic rings. The quantitative estimate of drug-likeness (QED) is 0.570. The molecule has 3 aromatic carbocycles. The highest BCUT2D eigenvalue weighted by Crippen LogP contribution is 2.29. The van der Waals surface area contributed by atoms with Crippen molar-refractivity contribution in [3.63, 3.8) is 0 Å². The van der Waals surface area contributed by atoms with Crippen molar-refractivity contribution in [3.05, 3.63) is 70.8 Å². The maximum absolute atomic E-state index is 13.4. The number of piperazine rings is 1. The van der Waals surface area contributed by atoms with Gasteiger partial charge in [0.2, 0.25) is 10.0 Å². The second kappa shape index (κ2) is 9.15. The van der Waals surface area contributed by atoms with Gasteiger partial charge in [-0.15, -0.1) is 0 Å². The van der Waals surface area contributed by atoms with Gasteiger partial charge in [-0.25, -0.2) is 8.42 Å². The van der Waals surface area contributed by atoms with Crippen molar-refractivity contribution in [3.8, 4) is 5.75 Å². The van der Waals surface area contributed by atoms with Gasteiger partial charge in [0.05, 0.1) is 4.90 Å². The van der Waals surface area contributed by atoms with Crippen molar-refractivity contribution in [1.29, 1.82) is 0 Å². The molecule has 0 atom stereocenters. The third-order valence-electron chi connectivity index (χ3n) is 6.57. The van der Waals surface area contributed by atoms with Crippen LogP contribution in [0.15, 0.2) is 53.4 Å². The van der Waals surface area contributed by atoms with Crippen LogP contribution in [0, 0.1) is 27.7 Å². The lowest BCUT2D eigenvalue weighted by atomic mass is 10.0. The lowest BCUT2D eigenvalue weighted by Crippen LogP contribution is -2.51. The van der Waals surface area contributed by atoms with Gasteiger partial charge in [0, 0.05) is 26.2 Å². The highest BCUT2D eigenvalue weighted by atomic mass is 32.2. The fraction of sp³-hybridized carbons (Fsp3) is 0.346. The normalized spacial score (nSPS) is 15.1. The van der Waals surface area contributed by atoms with Gasteiger partial charge in [-0.1, -0.05) is 36.4 Å². The molecule has 1 fully saturated rings. The maximum atomic E-state index is 13.4. The number of hydrogen-bond acceptors (Lipinski definition) is 4. The van der Waals surface area contributed by atoms with Gasteiger partial charge < -0.3 is 9.64 Å². The van der Waals surface area contributed by atoms with Gasteiger partial charge in [0.25, 0.3) is 5.91 Å². The van der Waals surface area contributed by atoms with Crippen LogP contribution in [0.25, 0.3) is 10.8 Å². The SMILES string of the molecule is Cc1cc(C)c(C)c(S(=O)(=O)N2CCN(C(=O)COc3ccc4ccccc4c3)CC2)c1C. The molecule has 6 nitrogen and oxygen atoms in total. The van der Waals surface area contributed by atoms with E-state index in [1.165, 1.54) is 4.31 Å². The first-order valence-electron chi connectivity index (χ1n) is 11.2. The molecular weight excluding hydrogens is 436 g/mol. The predicted octanol–water partition coefficient (Wildman–Crippen LogP) is 3.99. The van der Waals surface area contributed by atoms with Crippen molar-refractivity contribution >= 4 is 26.7 Å². The first-order chi connectivity index (χ1) is 15.7. The van der Waals surface area contributed by atoms with Crippen LogP contribution >= 0.6 is 0 Å². The van der Waals surface area contributed by atoms with Crippen LogP contribution in [-0.2, 0) is 14.8 Å². The Bertz CT molecular complexity index is 1280. The first kappa shape index (κ1) is 23.3. The van der Waals surface area contributed by atoms with E-state index in [2.05, 4.69) is 0 Å². The summed E-state index contributed by atoms with van der Waals surface area (Å²) >= 11 is 0. The Labute approximate surface area is 195 Å². The summed E-state index contributed by atoms with van der Waals surface area (Å²) < 4.78 is 34.1. The van der Waals surface area contributed by atoms with Gasteiger partial charge in [0.1, 0.15) is 5.75 Å². The summed E-state index contributed by atoms with van der Waals surface area (Å²) in [5, 5.41) is 2.17. The smallest absolute Gasteiger partial charge is 0.260 e. The number of aryl methyl sites for hydroxylation is 2.